The van der Waals surface area contributed by atoms with E-state index in [1.165, 1.54) is 31.2 Å². The highest BCUT2D eigenvalue weighted by Gasteiger charge is 2.31. The molecule has 0 unspecified atom stereocenters. The zero-order chi connectivity index (χ0) is 29.2. The largest absolute Gasteiger partial charge is 0.351 e. The molecule has 13 nitrogen and oxygen atoms in total. The van der Waals surface area contributed by atoms with Crippen LogP contribution in [0.5, 0.6) is 0 Å². The number of anilines is 1. The van der Waals surface area contributed by atoms with Crippen molar-refractivity contribution in [1.29, 1.82) is 0 Å². The van der Waals surface area contributed by atoms with Crippen LogP contribution in [0.15, 0.2) is 24.3 Å². The molecule has 0 bridgehead atoms. The van der Waals surface area contributed by atoms with Gasteiger partial charge in [0.05, 0.1) is 17.0 Å². The molecule has 1 rings (SSSR count). The van der Waals surface area contributed by atoms with Crippen LogP contribution in [-0.2, 0) is 19.2 Å². The Kier molecular flexibility index (Phi) is 12.8. The predicted molar refractivity (Wildman–Crippen MR) is 144 cm³/mol. The molecular formula is C25H41N7O6. The van der Waals surface area contributed by atoms with Gasteiger partial charge in [0.1, 0.15) is 12.1 Å². The maximum absolute atomic E-state index is 13.0. The van der Waals surface area contributed by atoms with Gasteiger partial charge >= 0.3 is 0 Å². The molecular weight excluding hydrogens is 494 g/mol. The van der Waals surface area contributed by atoms with Crippen molar-refractivity contribution >= 4 is 35.0 Å². The number of non-ortho nitro benzene ring substituents is 1. The van der Waals surface area contributed by atoms with Crippen LogP contribution in [0.3, 0.4) is 0 Å². The fourth-order valence-electron chi connectivity index (χ4n) is 3.34. The Balaban J connectivity index is 2.66. The van der Waals surface area contributed by atoms with Crippen LogP contribution in [-0.4, -0.2) is 65.3 Å². The van der Waals surface area contributed by atoms with E-state index in [9.17, 15) is 29.3 Å². The quantitative estimate of drug-likeness (QED) is 0.147. The Morgan fingerprint density at radius 2 is 1.26 bits per heavy atom. The van der Waals surface area contributed by atoms with Gasteiger partial charge in [0.25, 0.3) is 5.69 Å². The highest BCUT2D eigenvalue weighted by atomic mass is 16.6. The molecule has 1 aromatic rings. The summed E-state index contributed by atoms with van der Waals surface area (Å²) in [6.45, 7) is 12.3. The number of amides is 4. The van der Waals surface area contributed by atoms with Crippen LogP contribution in [0.1, 0.15) is 48.5 Å². The monoisotopic (exact) mass is 535 g/mol. The van der Waals surface area contributed by atoms with Crippen LogP contribution >= 0.6 is 0 Å². The summed E-state index contributed by atoms with van der Waals surface area (Å²) in [5, 5.41) is 24.6. The molecule has 38 heavy (non-hydrogen) atoms. The average Bonchev–Trinajstić information content (AvgIpc) is 2.83. The smallest absolute Gasteiger partial charge is 0.269 e. The number of hydrogen-bond acceptors (Lipinski definition) is 8. The fraction of sp³-hybridized carbons (Fsp3) is 0.600. The van der Waals surface area contributed by atoms with Gasteiger partial charge in [0.15, 0.2) is 0 Å². The molecule has 0 saturated heterocycles. The van der Waals surface area contributed by atoms with E-state index in [1.807, 2.05) is 0 Å². The summed E-state index contributed by atoms with van der Waals surface area (Å²) in [7, 11) is 0. The third kappa shape index (κ3) is 10.4. The summed E-state index contributed by atoms with van der Waals surface area (Å²) in [6.07, 6.45) is 0. The highest BCUT2D eigenvalue weighted by Crippen LogP contribution is 2.15. The first-order valence-corrected chi connectivity index (χ1v) is 12.6. The van der Waals surface area contributed by atoms with Crippen LogP contribution in [0.25, 0.3) is 0 Å². The molecule has 0 radical (unpaired) electrons. The SMILES string of the molecule is CC(C)[C@H](NC(=O)[C@H](C)N)C(=O)N[C@H](C(=O)N[C@@H](C)CN[C@@H](C)C(=O)Nc1ccc([N+](=O)[O-])cc1)C(C)C. The van der Waals surface area contributed by atoms with Crippen molar-refractivity contribution in [3.8, 4) is 0 Å². The number of nitro groups is 1. The minimum absolute atomic E-state index is 0.0794. The van der Waals surface area contributed by atoms with Crippen molar-refractivity contribution < 1.29 is 24.1 Å². The molecule has 0 saturated carbocycles. The summed E-state index contributed by atoms with van der Waals surface area (Å²) in [5.41, 5.74) is 5.94. The van der Waals surface area contributed by atoms with E-state index in [4.69, 9.17) is 5.73 Å². The average molecular weight is 536 g/mol. The molecule has 0 heterocycles. The van der Waals surface area contributed by atoms with Gasteiger partial charge in [0, 0.05) is 30.4 Å². The van der Waals surface area contributed by atoms with Crippen LogP contribution < -0.4 is 32.3 Å². The van der Waals surface area contributed by atoms with Gasteiger partial charge in [-0.05, 0) is 44.7 Å². The number of nitrogens with zero attached hydrogens (tertiary/aromatic N) is 1. The molecule has 0 aliphatic carbocycles. The number of nitrogens with two attached hydrogens (primary N) is 1. The lowest BCUT2D eigenvalue weighted by Crippen LogP contribution is -2.59. The normalized spacial score (nSPS) is 15.1. The number of nitrogens with one attached hydrogen (secondary N) is 5. The molecule has 13 heteroatoms. The number of nitro benzene ring substituents is 1. The lowest BCUT2D eigenvalue weighted by molar-refractivity contribution is -0.384. The zero-order valence-electron chi connectivity index (χ0n) is 23.0. The van der Waals surface area contributed by atoms with Crippen molar-refractivity contribution in [2.75, 3.05) is 11.9 Å². The Bertz CT molecular complexity index is 981. The van der Waals surface area contributed by atoms with Crippen molar-refractivity contribution in [3.63, 3.8) is 0 Å². The molecule has 0 spiro atoms. The first kappa shape index (κ1) is 32.4. The molecule has 7 N–H and O–H groups in total. The minimum atomic E-state index is -0.850. The first-order valence-electron chi connectivity index (χ1n) is 12.6. The lowest BCUT2D eigenvalue weighted by atomic mass is 9.99. The number of carbonyl (C=O) groups is 4. The molecule has 4 amide bonds. The third-order valence-corrected chi connectivity index (χ3v) is 5.77. The summed E-state index contributed by atoms with van der Waals surface area (Å²) in [4.78, 5) is 60.6. The van der Waals surface area contributed by atoms with Crippen LogP contribution in [0.4, 0.5) is 11.4 Å². The van der Waals surface area contributed by atoms with Gasteiger partial charge < -0.3 is 32.3 Å². The Morgan fingerprint density at radius 1 is 0.789 bits per heavy atom. The van der Waals surface area contributed by atoms with Gasteiger partial charge in [0.2, 0.25) is 23.6 Å². The second-order valence-corrected chi connectivity index (χ2v) is 10.1. The van der Waals surface area contributed by atoms with E-state index in [0.29, 0.717) is 5.69 Å². The van der Waals surface area contributed by atoms with E-state index in [-0.39, 0.29) is 36.0 Å². The minimum Gasteiger partial charge on any atom is -0.351 e. The maximum Gasteiger partial charge on any atom is 0.269 e. The van der Waals surface area contributed by atoms with E-state index in [0.717, 1.165) is 0 Å². The molecule has 0 fully saturated rings. The zero-order valence-corrected chi connectivity index (χ0v) is 23.0. The Labute approximate surface area is 223 Å². The summed E-state index contributed by atoms with van der Waals surface area (Å²) in [6, 6.07) is 2.00. The highest BCUT2D eigenvalue weighted by molar-refractivity contribution is 5.95. The standard InChI is InChI=1S/C25H41N7O6/c1-13(2)20(31-25(36)21(14(3)4)30-22(33)16(6)26)24(35)28-15(5)12-27-17(7)23(34)29-18-8-10-19(11-9-18)32(37)38/h8-11,13-17,20-21,27H,12,26H2,1-7H3,(H,28,35)(H,29,34)(H,30,33)(H,31,36)/t15-,16-,17-,20-,21-/m0/s1. The second-order valence-electron chi connectivity index (χ2n) is 10.1. The van der Waals surface area contributed by atoms with Gasteiger partial charge in [-0.25, -0.2) is 0 Å². The van der Waals surface area contributed by atoms with Crippen molar-refractivity contribution in [1.82, 2.24) is 21.3 Å². The van der Waals surface area contributed by atoms with Crippen molar-refractivity contribution in [3.05, 3.63) is 34.4 Å². The number of hydrogen-bond donors (Lipinski definition) is 6. The first-order chi connectivity index (χ1) is 17.6. The van der Waals surface area contributed by atoms with E-state index in [1.54, 1.807) is 41.5 Å². The topological polar surface area (TPSA) is 198 Å². The number of carbonyl (C=O) groups excluding carboxylic acids is 4. The van der Waals surface area contributed by atoms with Gasteiger partial charge in [-0.3, -0.25) is 29.3 Å². The van der Waals surface area contributed by atoms with E-state index >= 15 is 0 Å². The van der Waals surface area contributed by atoms with E-state index < -0.39 is 46.8 Å². The van der Waals surface area contributed by atoms with Gasteiger partial charge in [-0.2, -0.15) is 0 Å². The van der Waals surface area contributed by atoms with Gasteiger partial charge in [-0.1, -0.05) is 27.7 Å². The summed E-state index contributed by atoms with van der Waals surface area (Å²) >= 11 is 0. The third-order valence-electron chi connectivity index (χ3n) is 5.77. The molecule has 0 aromatic heterocycles. The number of rotatable bonds is 14. The molecule has 0 aliphatic rings. The lowest BCUT2D eigenvalue weighted by Gasteiger charge is -2.28. The molecule has 1 aromatic carbocycles. The predicted octanol–water partition coefficient (Wildman–Crippen LogP) is 0.645. The van der Waals surface area contributed by atoms with Crippen molar-refractivity contribution in [2.24, 2.45) is 17.6 Å². The fourth-order valence-corrected chi connectivity index (χ4v) is 3.34. The van der Waals surface area contributed by atoms with Crippen LogP contribution in [0.2, 0.25) is 0 Å². The van der Waals surface area contributed by atoms with Crippen molar-refractivity contribution in [2.45, 2.75) is 78.7 Å². The van der Waals surface area contributed by atoms with Crippen LogP contribution in [0, 0.1) is 22.0 Å². The second kappa shape index (κ2) is 15.0. The number of benzene rings is 1. The maximum atomic E-state index is 13.0. The van der Waals surface area contributed by atoms with E-state index in [2.05, 4.69) is 26.6 Å². The Hall–Kier alpha value is -3.58. The Morgan fingerprint density at radius 3 is 1.71 bits per heavy atom. The molecule has 212 valence electrons. The molecule has 0 aliphatic heterocycles. The molecule has 5 atom stereocenters. The summed E-state index contributed by atoms with van der Waals surface area (Å²) in [5.74, 6) is -2.15. The van der Waals surface area contributed by atoms with Gasteiger partial charge in [-0.15, -0.1) is 0 Å². The summed E-state index contributed by atoms with van der Waals surface area (Å²) < 4.78 is 0.